The van der Waals surface area contributed by atoms with Crippen LogP contribution in [0.2, 0.25) is 5.02 Å². The molecule has 3 aromatic rings. The summed E-state index contributed by atoms with van der Waals surface area (Å²) >= 11 is 12.6. The van der Waals surface area contributed by atoms with E-state index in [0.717, 1.165) is 22.2 Å². The maximum Gasteiger partial charge on any atom is 0.419 e. The van der Waals surface area contributed by atoms with Crippen LogP contribution >= 0.6 is 23.2 Å². The topological polar surface area (TPSA) is 35.1 Å². The number of oxazole rings is 1. The van der Waals surface area contributed by atoms with Crippen molar-refractivity contribution in [2.45, 2.75) is 12.3 Å². The summed E-state index contributed by atoms with van der Waals surface area (Å²) in [5, 5.41) is 0.392. The van der Waals surface area contributed by atoms with Crippen molar-refractivity contribution in [3.63, 3.8) is 0 Å². The number of benzene rings is 2. The summed E-state index contributed by atoms with van der Waals surface area (Å²) in [4.78, 5) is 11.5. The average Bonchev–Trinajstić information content (AvgIpc) is 2.76. The van der Waals surface area contributed by atoms with Crippen molar-refractivity contribution < 1.29 is 4.42 Å². The van der Waals surface area contributed by atoms with Crippen LogP contribution in [0.3, 0.4) is 0 Å². The van der Waals surface area contributed by atoms with Crippen LogP contribution in [0.1, 0.15) is 22.1 Å². The fourth-order valence-corrected chi connectivity index (χ4v) is 2.72. The second-order valence-corrected chi connectivity index (χ2v) is 5.87. The molecular formula is C16H13Cl2NO2. The van der Waals surface area contributed by atoms with Gasteiger partial charge in [0.05, 0.1) is 10.9 Å². The number of aryl methyl sites for hydroxylation is 2. The van der Waals surface area contributed by atoms with Crippen molar-refractivity contribution in [3.8, 4) is 0 Å². The molecule has 0 amide bonds. The molecule has 1 aromatic heterocycles. The van der Waals surface area contributed by atoms with Gasteiger partial charge in [-0.1, -0.05) is 29.8 Å². The fraction of sp³-hybridized carbons (Fsp3) is 0.188. The quantitative estimate of drug-likeness (QED) is 0.655. The van der Waals surface area contributed by atoms with E-state index in [0.29, 0.717) is 10.6 Å². The molecule has 0 saturated carbocycles. The van der Waals surface area contributed by atoms with E-state index < -0.39 is 0 Å². The number of fused-ring (bicyclic) bond motifs is 1. The van der Waals surface area contributed by atoms with Gasteiger partial charge in [-0.15, -0.1) is 11.6 Å². The third-order valence-electron chi connectivity index (χ3n) is 3.58. The number of rotatable bonds is 2. The minimum Gasteiger partial charge on any atom is -0.408 e. The minimum atomic E-state index is -0.379. The first kappa shape index (κ1) is 14.2. The Morgan fingerprint density at radius 2 is 1.81 bits per heavy atom. The van der Waals surface area contributed by atoms with Gasteiger partial charge in [0.25, 0.3) is 0 Å². The Balaban J connectivity index is 2.06. The highest BCUT2D eigenvalue weighted by atomic mass is 35.5. The zero-order valence-electron chi connectivity index (χ0n) is 11.6. The number of hydrogen-bond donors (Lipinski definition) is 0. The van der Waals surface area contributed by atoms with E-state index in [4.69, 9.17) is 27.6 Å². The average molecular weight is 322 g/mol. The summed E-state index contributed by atoms with van der Waals surface area (Å²) < 4.78 is 6.66. The Kier molecular flexibility index (Phi) is 3.56. The molecule has 1 heterocycles. The van der Waals surface area contributed by atoms with Gasteiger partial charge in [-0.2, -0.15) is 0 Å². The van der Waals surface area contributed by atoms with Crippen LogP contribution in [0, 0.1) is 6.92 Å². The third-order valence-corrected chi connectivity index (χ3v) is 4.51. The minimum absolute atomic E-state index is 0.323. The fourth-order valence-electron chi connectivity index (χ4n) is 2.33. The maximum absolute atomic E-state index is 11.5. The molecule has 0 fully saturated rings. The largest absolute Gasteiger partial charge is 0.419 e. The molecule has 0 N–H and O–H groups in total. The standard InChI is InChI=1S/C16H13Cl2NO2/c1-9-7-10(3-5-12(9)17)15(18)11-4-6-13-14(8-11)21-16(20)19(13)2/h3-8,15H,1-2H3. The normalized spacial score (nSPS) is 12.8. The van der Waals surface area contributed by atoms with Gasteiger partial charge in [-0.3, -0.25) is 4.57 Å². The highest BCUT2D eigenvalue weighted by molar-refractivity contribution is 6.31. The smallest absolute Gasteiger partial charge is 0.408 e. The van der Waals surface area contributed by atoms with Crippen LogP contribution in [0.25, 0.3) is 11.1 Å². The van der Waals surface area contributed by atoms with E-state index >= 15 is 0 Å². The van der Waals surface area contributed by atoms with Crippen LogP contribution in [0.5, 0.6) is 0 Å². The molecule has 0 aliphatic heterocycles. The van der Waals surface area contributed by atoms with Crippen LogP contribution in [-0.2, 0) is 7.05 Å². The van der Waals surface area contributed by atoms with E-state index in [9.17, 15) is 4.79 Å². The molecule has 5 heteroatoms. The monoisotopic (exact) mass is 321 g/mol. The molecular weight excluding hydrogens is 309 g/mol. The molecule has 3 nitrogen and oxygen atoms in total. The zero-order valence-corrected chi connectivity index (χ0v) is 13.1. The Morgan fingerprint density at radius 1 is 1.14 bits per heavy atom. The Labute approximate surface area is 131 Å². The van der Waals surface area contributed by atoms with Crippen molar-refractivity contribution in [1.82, 2.24) is 4.57 Å². The Hall–Kier alpha value is -1.71. The van der Waals surface area contributed by atoms with Crippen LogP contribution in [0.15, 0.2) is 45.6 Å². The predicted octanol–water partition coefficient (Wildman–Crippen LogP) is 4.42. The lowest BCUT2D eigenvalue weighted by molar-refractivity contribution is 0.528. The lowest BCUT2D eigenvalue weighted by atomic mass is 10.0. The molecule has 1 unspecified atom stereocenters. The summed E-state index contributed by atoms with van der Waals surface area (Å²) in [6.45, 7) is 1.94. The molecule has 2 aromatic carbocycles. The Morgan fingerprint density at radius 3 is 2.52 bits per heavy atom. The summed E-state index contributed by atoms with van der Waals surface area (Å²) in [6.07, 6.45) is 0. The van der Waals surface area contributed by atoms with Crippen LogP contribution < -0.4 is 5.76 Å². The molecule has 0 spiro atoms. The maximum atomic E-state index is 11.5. The molecule has 0 bridgehead atoms. The predicted molar refractivity (Wildman–Crippen MR) is 85.3 cm³/mol. The number of halogens is 2. The lowest BCUT2D eigenvalue weighted by Gasteiger charge is -2.11. The van der Waals surface area contributed by atoms with Gasteiger partial charge in [-0.25, -0.2) is 4.79 Å². The molecule has 0 aliphatic carbocycles. The van der Waals surface area contributed by atoms with E-state index in [1.165, 1.54) is 4.57 Å². The van der Waals surface area contributed by atoms with Crippen molar-refractivity contribution in [2.75, 3.05) is 0 Å². The van der Waals surface area contributed by atoms with Gasteiger partial charge in [0.1, 0.15) is 0 Å². The first-order valence-corrected chi connectivity index (χ1v) is 7.28. The van der Waals surface area contributed by atoms with Crippen molar-refractivity contribution >= 4 is 34.3 Å². The van der Waals surface area contributed by atoms with Gasteiger partial charge < -0.3 is 4.42 Å². The highest BCUT2D eigenvalue weighted by Crippen LogP contribution is 2.32. The Bertz CT molecular complexity index is 880. The molecule has 1 atom stereocenters. The van der Waals surface area contributed by atoms with E-state index in [2.05, 4.69) is 0 Å². The summed E-state index contributed by atoms with van der Waals surface area (Å²) in [5.74, 6) is -0.379. The molecule has 108 valence electrons. The van der Waals surface area contributed by atoms with Gasteiger partial charge >= 0.3 is 5.76 Å². The summed E-state index contributed by atoms with van der Waals surface area (Å²) in [5.41, 5.74) is 4.10. The molecule has 0 radical (unpaired) electrons. The first-order valence-electron chi connectivity index (χ1n) is 6.47. The number of nitrogens with zero attached hydrogens (tertiary/aromatic N) is 1. The SMILES string of the molecule is Cc1cc(C(Cl)c2ccc3c(c2)oc(=O)n3C)ccc1Cl. The van der Waals surface area contributed by atoms with Crippen molar-refractivity contribution in [3.05, 3.63) is 68.7 Å². The van der Waals surface area contributed by atoms with Gasteiger partial charge in [0.2, 0.25) is 0 Å². The van der Waals surface area contributed by atoms with Gasteiger partial charge in [0.15, 0.2) is 5.58 Å². The number of alkyl halides is 1. The zero-order chi connectivity index (χ0) is 15.1. The summed E-state index contributed by atoms with van der Waals surface area (Å²) in [7, 11) is 1.68. The second-order valence-electron chi connectivity index (χ2n) is 5.03. The molecule has 0 saturated heterocycles. The first-order chi connectivity index (χ1) is 9.97. The van der Waals surface area contributed by atoms with Crippen LogP contribution in [-0.4, -0.2) is 4.57 Å². The third kappa shape index (κ3) is 2.47. The number of aromatic nitrogens is 1. The van der Waals surface area contributed by atoms with Crippen LogP contribution in [0.4, 0.5) is 0 Å². The molecule has 21 heavy (non-hydrogen) atoms. The van der Waals surface area contributed by atoms with Gasteiger partial charge in [-0.05, 0) is 41.8 Å². The molecule has 3 rings (SSSR count). The van der Waals surface area contributed by atoms with E-state index in [1.54, 1.807) is 13.1 Å². The van der Waals surface area contributed by atoms with Crippen molar-refractivity contribution in [1.29, 1.82) is 0 Å². The second kappa shape index (κ2) is 5.24. The van der Waals surface area contributed by atoms with Gasteiger partial charge in [0, 0.05) is 12.1 Å². The highest BCUT2D eigenvalue weighted by Gasteiger charge is 2.14. The number of hydrogen-bond acceptors (Lipinski definition) is 2. The lowest BCUT2D eigenvalue weighted by Crippen LogP contribution is -2.08. The summed E-state index contributed by atoms with van der Waals surface area (Å²) in [6, 6.07) is 11.2. The van der Waals surface area contributed by atoms with E-state index in [1.807, 2.05) is 37.3 Å². The van der Waals surface area contributed by atoms with E-state index in [-0.39, 0.29) is 11.1 Å². The molecule has 0 aliphatic rings. The van der Waals surface area contributed by atoms with Crippen molar-refractivity contribution in [2.24, 2.45) is 7.05 Å².